The van der Waals surface area contributed by atoms with Crippen molar-refractivity contribution in [3.8, 4) is 0 Å². The fourth-order valence-corrected chi connectivity index (χ4v) is 3.41. The zero-order valence-electron chi connectivity index (χ0n) is 10.5. The van der Waals surface area contributed by atoms with Gasteiger partial charge in [0.15, 0.2) is 0 Å². The van der Waals surface area contributed by atoms with E-state index in [4.69, 9.17) is 0 Å². The summed E-state index contributed by atoms with van der Waals surface area (Å²) < 4.78 is 2.82. The number of benzene rings is 2. The number of halogens is 3. The largest absolute Gasteiger partial charge is 0.384 e. The third-order valence-corrected chi connectivity index (χ3v) is 5.28. The fraction of sp³-hybridized carbons (Fsp3) is 0.200. The average Bonchev–Trinajstić information content (AvgIpc) is 2.36. The third kappa shape index (κ3) is 3.30. The van der Waals surface area contributed by atoms with E-state index in [-0.39, 0.29) is 0 Å². The lowest BCUT2D eigenvalue weighted by Crippen LogP contribution is -2.03. The molecule has 0 heterocycles. The quantitative estimate of drug-likeness (QED) is 0.627. The molecular formula is C15H13Br3O. The molecule has 19 heavy (non-hydrogen) atoms. The van der Waals surface area contributed by atoms with Crippen LogP contribution in [0.3, 0.4) is 0 Å². The van der Waals surface area contributed by atoms with Gasteiger partial charge in [-0.25, -0.2) is 0 Å². The Morgan fingerprint density at radius 3 is 2.16 bits per heavy atom. The summed E-state index contributed by atoms with van der Waals surface area (Å²) in [6, 6.07) is 9.94. The normalized spacial score (nSPS) is 12.5. The molecular weight excluding hydrogens is 436 g/mol. The highest BCUT2D eigenvalue weighted by atomic mass is 79.9. The Balaban J connectivity index is 2.52. The first-order chi connectivity index (χ1) is 8.90. The Bertz CT molecular complexity index is 623. The van der Waals surface area contributed by atoms with Crippen LogP contribution in [0.15, 0.2) is 43.7 Å². The molecule has 2 rings (SSSR count). The second-order valence-corrected chi connectivity index (χ2v) is 7.11. The standard InChI is InChI=1S/C15H13Br3O/c1-8-3-4-12(16)10(5-8)15(19)11-7-13(17)9(2)6-14(11)18/h3-7,15,19H,1-2H3. The molecule has 0 bridgehead atoms. The van der Waals surface area contributed by atoms with Crippen LogP contribution in [-0.4, -0.2) is 5.11 Å². The van der Waals surface area contributed by atoms with E-state index in [0.717, 1.165) is 35.7 Å². The van der Waals surface area contributed by atoms with Gasteiger partial charge in [-0.15, -0.1) is 0 Å². The molecule has 0 aromatic heterocycles. The molecule has 0 fully saturated rings. The van der Waals surface area contributed by atoms with Crippen molar-refractivity contribution in [2.45, 2.75) is 20.0 Å². The molecule has 0 amide bonds. The van der Waals surface area contributed by atoms with Crippen molar-refractivity contribution in [3.05, 3.63) is 66.0 Å². The van der Waals surface area contributed by atoms with Crippen molar-refractivity contribution >= 4 is 47.8 Å². The van der Waals surface area contributed by atoms with Crippen LogP contribution in [0.4, 0.5) is 0 Å². The summed E-state index contributed by atoms with van der Waals surface area (Å²) >= 11 is 10.5. The van der Waals surface area contributed by atoms with Crippen LogP contribution in [0.1, 0.15) is 28.4 Å². The molecule has 0 aliphatic carbocycles. The van der Waals surface area contributed by atoms with Gasteiger partial charge < -0.3 is 5.11 Å². The van der Waals surface area contributed by atoms with E-state index in [1.54, 1.807) is 0 Å². The van der Waals surface area contributed by atoms with Crippen LogP contribution >= 0.6 is 47.8 Å². The van der Waals surface area contributed by atoms with Crippen molar-refractivity contribution in [1.82, 2.24) is 0 Å². The van der Waals surface area contributed by atoms with E-state index in [1.807, 2.05) is 44.2 Å². The van der Waals surface area contributed by atoms with Crippen LogP contribution in [0.25, 0.3) is 0 Å². The molecule has 0 radical (unpaired) electrons. The van der Waals surface area contributed by atoms with E-state index in [2.05, 4.69) is 47.8 Å². The molecule has 0 saturated carbocycles. The van der Waals surface area contributed by atoms with Gasteiger partial charge >= 0.3 is 0 Å². The molecule has 1 atom stereocenters. The molecule has 0 spiro atoms. The van der Waals surface area contributed by atoms with Crippen LogP contribution in [0, 0.1) is 13.8 Å². The second-order valence-electron chi connectivity index (χ2n) is 4.55. The Morgan fingerprint density at radius 1 is 0.842 bits per heavy atom. The van der Waals surface area contributed by atoms with E-state index in [1.165, 1.54) is 0 Å². The number of aryl methyl sites for hydroxylation is 2. The molecule has 0 aliphatic heterocycles. The fourth-order valence-electron chi connectivity index (χ4n) is 1.91. The molecule has 1 N–H and O–H groups in total. The number of hydrogen-bond acceptors (Lipinski definition) is 1. The summed E-state index contributed by atoms with van der Waals surface area (Å²) in [5.41, 5.74) is 3.98. The Morgan fingerprint density at radius 2 is 1.47 bits per heavy atom. The molecule has 100 valence electrons. The predicted molar refractivity (Wildman–Crippen MR) is 89.5 cm³/mol. The topological polar surface area (TPSA) is 20.2 Å². The molecule has 2 aromatic rings. The minimum Gasteiger partial charge on any atom is -0.384 e. The maximum Gasteiger partial charge on any atom is 0.106 e. The Hall–Kier alpha value is -0.160. The molecule has 0 saturated heterocycles. The summed E-state index contributed by atoms with van der Waals surface area (Å²) in [6.45, 7) is 4.04. The number of hydrogen-bond donors (Lipinski definition) is 1. The van der Waals surface area contributed by atoms with Gasteiger partial charge in [0, 0.05) is 19.0 Å². The van der Waals surface area contributed by atoms with E-state index in [0.29, 0.717) is 0 Å². The van der Waals surface area contributed by atoms with Gasteiger partial charge in [0.1, 0.15) is 6.10 Å². The van der Waals surface area contributed by atoms with Crippen molar-refractivity contribution < 1.29 is 5.11 Å². The van der Waals surface area contributed by atoms with Crippen LogP contribution in [0.2, 0.25) is 0 Å². The first kappa shape index (κ1) is 15.2. The van der Waals surface area contributed by atoms with E-state index >= 15 is 0 Å². The molecule has 2 aromatic carbocycles. The summed E-state index contributed by atoms with van der Waals surface area (Å²) in [5.74, 6) is 0. The maximum atomic E-state index is 10.6. The van der Waals surface area contributed by atoms with E-state index in [9.17, 15) is 5.11 Å². The van der Waals surface area contributed by atoms with E-state index < -0.39 is 6.10 Å². The number of aliphatic hydroxyl groups is 1. The first-order valence-corrected chi connectivity index (χ1v) is 8.17. The van der Waals surface area contributed by atoms with Gasteiger partial charge in [0.2, 0.25) is 0 Å². The second kappa shape index (κ2) is 6.08. The third-order valence-electron chi connectivity index (χ3n) is 3.02. The Kier molecular flexibility index (Phi) is 4.88. The Labute approximate surface area is 138 Å². The monoisotopic (exact) mass is 446 g/mol. The van der Waals surface area contributed by atoms with Crippen molar-refractivity contribution in [3.63, 3.8) is 0 Å². The number of rotatable bonds is 2. The van der Waals surface area contributed by atoms with Crippen LogP contribution < -0.4 is 0 Å². The predicted octanol–water partition coefficient (Wildman–Crippen LogP) is 5.67. The highest BCUT2D eigenvalue weighted by Gasteiger charge is 2.17. The van der Waals surface area contributed by atoms with Gasteiger partial charge in [-0.2, -0.15) is 0 Å². The molecule has 0 aliphatic rings. The SMILES string of the molecule is Cc1ccc(Br)c(C(O)c2cc(Br)c(C)cc2Br)c1. The van der Waals surface area contributed by atoms with Crippen LogP contribution in [0.5, 0.6) is 0 Å². The zero-order chi connectivity index (χ0) is 14.2. The summed E-state index contributed by atoms with van der Waals surface area (Å²) in [6.07, 6.45) is -0.666. The van der Waals surface area contributed by atoms with Crippen molar-refractivity contribution in [1.29, 1.82) is 0 Å². The summed E-state index contributed by atoms with van der Waals surface area (Å²) in [7, 11) is 0. The van der Waals surface area contributed by atoms with Gasteiger partial charge in [0.05, 0.1) is 0 Å². The molecule has 1 nitrogen and oxygen atoms in total. The van der Waals surface area contributed by atoms with Crippen molar-refractivity contribution in [2.24, 2.45) is 0 Å². The van der Waals surface area contributed by atoms with Gasteiger partial charge in [-0.1, -0.05) is 65.5 Å². The van der Waals surface area contributed by atoms with Gasteiger partial charge in [-0.05, 0) is 43.2 Å². The summed E-state index contributed by atoms with van der Waals surface area (Å²) in [4.78, 5) is 0. The highest BCUT2D eigenvalue weighted by Crippen LogP contribution is 2.35. The van der Waals surface area contributed by atoms with Crippen LogP contribution in [-0.2, 0) is 0 Å². The van der Waals surface area contributed by atoms with Gasteiger partial charge in [-0.3, -0.25) is 0 Å². The average molecular weight is 449 g/mol. The lowest BCUT2D eigenvalue weighted by Gasteiger charge is -2.17. The number of aliphatic hydroxyl groups excluding tert-OH is 1. The smallest absolute Gasteiger partial charge is 0.106 e. The minimum absolute atomic E-state index is 0.666. The van der Waals surface area contributed by atoms with Crippen molar-refractivity contribution in [2.75, 3.05) is 0 Å². The minimum atomic E-state index is -0.666. The van der Waals surface area contributed by atoms with Gasteiger partial charge in [0.25, 0.3) is 0 Å². The lowest BCUT2D eigenvalue weighted by atomic mass is 9.99. The lowest BCUT2D eigenvalue weighted by molar-refractivity contribution is 0.218. The molecule has 1 unspecified atom stereocenters. The summed E-state index contributed by atoms with van der Waals surface area (Å²) in [5, 5.41) is 10.6. The maximum absolute atomic E-state index is 10.6. The zero-order valence-corrected chi connectivity index (χ0v) is 15.3. The first-order valence-electron chi connectivity index (χ1n) is 5.80. The molecule has 4 heteroatoms. The highest BCUT2D eigenvalue weighted by molar-refractivity contribution is 9.11.